The molecule has 0 aliphatic carbocycles. The fourth-order valence-electron chi connectivity index (χ4n) is 2.07. The number of hydrogen-bond donors (Lipinski definition) is 0. The second-order valence-corrected chi connectivity index (χ2v) is 6.61. The summed E-state index contributed by atoms with van der Waals surface area (Å²) in [5.74, 6) is -1.83. The van der Waals surface area contributed by atoms with E-state index in [2.05, 4.69) is 9.72 Å². The van der Waals surface area contributed by atoms with E-state index in [0.717, 1.165) is 10.6 Å². The fourth-order valence-corrected chi connectivity index (χ4v) is 3.00. The third kappa shape index (κ3) is 3.12. The molecule has 1 unspecified atom stereocenters. The lowest BCUT2D eigenvalue weighted by atomic mass is 10.1. The van der Waals surface area contributed by atoms with Crippen LogP contribution >= 0.6 is 11.3 Å². The van der Waals surface area contributed by atoms with Crippen molar-refractivity contribution in [1.82, 2.24) is 9.38 Å². The molecular formula is C15H18N2O5S. The molecule has 0 aliphatic rings. The summed E-state index contributed by atoms with van der Waals surface area (Å²) in [6.07, 6.45) is 0.113. The summed E-state index contributed by atoms with van der Waals surface area (Å²) in [6.45, 7) is 7.09. The maximum Gasteiger partial charge on any atom is 0.347 e. The van der Waals surface area contributed by atoms with Crippen LogP contribution in [0.1, 0.15) is 34.8 Å². The molecular weight excluding hydrogens is 320 g/mol. The molecule has 8 heteroatoms. The van der Waals surface area contributed by atoms with Crippen molar-refractivity contribution in [3.8, 4) is 0 Å². The number of ether oxygens (including phenoxy) is 2. The summed E-state index contributed by atoms with van der Waals surface area (Å²) in [5, 5.41) is 0. The van der Waals surface area contributed by atoms with Gasteiger partial charge in [0.05, 0.1) is 13.3 Å². The second-order valence-electron chi connectivity index (χ2n) is 5.43. The first-order valence-electron chi connectivity index (χ1n) is 7.04. The zero-order chi connectivity index (χ0) is 17.3. The van der Waals surface area contributed by atoms with Crippen LogP contribution in [0.3, 0.4) is 0 Å². The average Bonchev–Trinajstić information content (AvgIpc) is 2.79. The summed E-state index contributed by atoms with van der Waals surface area (Å²) in [7, 11) is 1.21. The molecule has 0 saturated heterocycles. The van der Waals surface area contributed by atoms with Crippen molar-refractivity contribution in [3.05, 3.63) is 32.7 Å². The molecule has 2 heterocycles. The van der Waals surface area contributed by atoms with E-state index in [0.29, 0.717) is 4.96 Å². The number of nitrogens with zero attached hydrogens (tertiary/aromatic N) is 2. The van der Waals surface area contributed by atoms with E-state index in [1.54, 1.807) is 20.8 Å². The number of aryl methyl sites for hydroxylation is 2. The Bertz CT molecular complexity index is 821. The Labute approximate surface area is 136 Å². The van der Waals surface area contributed by atoms with Gasteiger partial charge in [0.2, 0.25) is 6.10 Å². The predicted octanol–water partition coefficient (Wildman–Crippen LogP) is 1.73. The van der Waals surface area contributed by atoms with Crippen LogP contribution in [0.25, 0.3) is 4.96 Å². The van der Waals surface area contributed by atoms with Gasteiger partial charge < -0.3 is 9.47 Å². The molecule has 2 aromatic heterocycles. The van der Waals surface area contributed by atoms with Gasteiger partial charge in [0.15, 0.2) is 4.96 Å². The highest BCUT2D eigenvalue weighted by Gasteiger charge is 2.29. The molecule has 7 nitrogen and oxygen atoms in total. The number of carbonyl (C=O) groups excluding carboxylic acids is 2. The van der Waals surface area contributed by atoms with Crippen molar-refractivity contribution in [2.24, 2.45) is 5.92 Å². The molecule has 0 aliphatic heterocycles. The summed E-state index contributed by atoms with van der Waals surface area (Å²) in [5.41, 5.74) is 0.0118. The van der Waals surface area contributed by atoms with Crippen molar-refractivity contribution in [1.29, 1.82) is 0 Å². The van der Waals surface area contributed by atoms with Gasteiger partial charge in [-0.15, -0.1) is 11.3 Å². The number of aromatic nitrogens is 2. The monoisotopic (exact) mass is 338 g/mol. The highest BCUT2D eigenvalue weighted by Crippen LogP contribution is 2.18. The number of esters is 2. The summed E-state index contributed by atoms with van der Waals surface area (Å²) in [4.78, 5) is 42.0. The van der Waals surface area contributed by atoms with Crippen molar-refractivity contribution in [2.45, 2.75) is 33.8 Å². The topological polar surface area (TPSA) is 87.0 Å². The Kier molecular flexibility index (Phi) is 4.84. The molecule has 0 N–H and O–H groups in total. The average molecular weight is 338 g/mol. The smallest absolute Gasteiger partial charge is 0.347 e. The van der Waals surface area contributed by atoms with Crippen molar-refractivity contribution in [3.63, 3.8) is 0 Å². The Morgan fingerprint density at radius 3 is 2.52 bits per heavy atom. The second kappa shape index (κ2) is 6.49. The van der Waals surface area contributed by atoms with Gasteiger partial charge in [-0.05, 0) is 13.8 Å². The third-order valence-corrected chi connectivity index (χ3v) is 4.58. The molecule has 23 heavy (non-hydrogen) atoms. The first-order valence-corrected chi connectivity index (χ1v) is 7.86. The van der Waals surface area contributed by atoms with Crippen LogP contribution in [-0.4, -0.2) is 34.5 Å². The zero-order valence-corrected chi connectivity index (χ0v) is 14.4. The van der Waals surface area contributed by atoms with Crippen molar-refractivity contribution in [2.75, 3.05) is 7.11 Å². The Morgan fingerprint density at radius 1 is 1.30 bits per heavy atom. The lowest BCUT2D eigenvalue weighted by Crippen LogP contribution is -2.35. The molecule has 0 fully saturated rings. The molecule has 1 atom stereocenters. The van der Waals surface area contributed by atoms with E-state index < -0.39 is 23.6 Å². The van der Waals surface area contributed by atoms with Gasteiger partial charge in [-0.2, -0.15) is 0 Å². The van der Waals surface area contributed by atoms with Crippen molar-refractivity contribution < 1.29 is 19.1 Å². The van der Waals surface area contributed by atoms with E-state index in [4.69, 9.17) is 4.74 Å². The lowest BCUT2D eigenvalue weighted by molar-refractivity contribution is -0.153. The van der Waals surface area contributed by atoms with Gasteiger partial charge in [0.1, 0.15) is 5.56 Å². The minimum atomic E-state index is -1.07. The van der Waals surface area contributed by atoms with Gasteiger partial charge in [-0.25, -0.2) is 14.6 Å². The Balaban J connectivity index is 2.42. The van der Waals surface area contributed by atoms with Gasteiger partial charge in [0.25, 0.3) is 5.56 Å². The number of carbonyl (C=O) groups is 2. The molecule has 0 radical (unpaired) electrons. The first kappa shape index (κ1) is 17.1. The van der Waals surface area contributed by atoms with E-state index in [1.165, 1.54) is 29.0 Å². The number of thiazole rings is 1. The molecule has 2 rings (SSSR count). The van der Waals surface area contributed by atoms with Gasteiger partial charge >= 0.3 is 11.9 Å². The minimum Gasteiger partial charge on any atom is -0.466 e. The number of methoxy groups -OCH3 is 1. The summed E-state index contributed by atoms with van der Waals surface area (Å²) < 4.78 is 11.2. The number of rotatable bonds is 4. The van der Waals surface area contributed by atoms with Crippen LogP contribution in [0.4, 0.5) is 0 Å². The van der Waals surface area contributed by atoms with Crippen LogP contribution in [-0.2, 0) is 14.3 Å². The predicted molar refractivity (Wildman–Crippen MR) is 84.9 cm³/mol. The molecule has 2 aromatic rings. The van der Waals surface area contributed by atoms with Crippen LogP contribution in [0.5, 0.6) is 0 Å². The minimum absolute atomic E-state index is 0.210. The lowest BCUT2D eigenvalue weighted by Gasteiger charge is -2.18. The molecule has 0 bridgehead atoms. The molecule has 0 amide bonds. The maximum atomic E-state index is 12.5. The molecule has 0 spiro atoms. The normalized spacial score (nSPS) is 12.4. The SMILES string of the molecule is COC(=O)C(OC(=O)c1cnc2sc(C)c(C)n2c1=O)C(C)C. The van der Waals surface area contributed by atoms with E-state index in [9.17, 15) is 14.4 Å². The maximum absolute atomic E-state index is 12.5. The van der Waals surface area contributed by atoms with Crippen molar-refractivity contribution >= 4 is 28.2 Å². The first-order chi connectivity index (χ1) is 10.8. The molecule has 0 aromatic carbocycles. The highest BCUT2D eigenvalue weighted by molar-refractivity contribution is 7.17. The quantitative estimate of drug-likeness (QED) is 0.789. The third-order valence-electron chi connectivity index (χ3n) is 3.51. The van der Waals surface area contributed by atoms with E-state index in [-0.39, 0.29) is 11.5 Å². The zero-order valence-electron chi connectivity index (χ0n) is 13.6. The fraction of sp³-hybridized carbons (Fsp3) is 0.467. The Hall–Kier alpha value is -2.22. The van der Waals surface area contributed by atoms with Crippen LogP contribution < -0.4 is 5.56 Å². The summed E-state index contributed by atoms with van der Waals surface area (Å²) >= 11 is 1.37. The van der Waals surface area contributed by atoms with Gasteiger partial charge in [-0.3, -0.25) is 9.20 Å². The standard InChI is InChI=1S/C15H18N2O5S/c1-7(2)11(14(20)21-5)22-13(19)10-6-16-15-17(12(10)18)8(3)9(4)23-15/h6-7,11H,1-5H3. The molecule has 124 valence electrons. The Morgan fingerprint density at radius 2 is 1.96 bits per heavy atom. The van der Waals surface area contributed by atoms with Gasteiger partial charge in [-0.1, -0.05) is 13.8 Å². The highest BCUT2D eigenvalue weighted by atomic mass is 32.1. The number of fused-ring (bicyclic) bond motifs is 1. The van der Waals surface area contributed by atoms with E-state index >= 15 is 0 Å². The number of hydrogen-bond acceptors (Lipinski definition) is 7. The van der Waals surface area contributed by atoms with Crippen LogP contribution in [0.15, 0.2) is 11.0 Å². The largest absolute Gasteiger partial charge is 0.466 e. The van der Waals surface area contributed by atoms with Gasteiger partial charge in [0, 0.05) is 16.5 Å². The summed E-state index contributed by atoms with van der Waals surface area (Å²) in [6, 6.07) is 0. The molecule has 0 saturated carbocycles. The van der Waals surface area contributed by atoms with Crippen LogP contribution in [0.2, 0.25) is 0 Å². The van der Waals surface area contributed by atoms with Crippen LogP contribution in [0, 0.1) is 19.8 Å². The van der Waals surface area contributed by atoms with E-state index in [1.807, 2.05) is 6.92 Å².